The van der Waals surface area contributed by atoms with E-state index in [2.05, 4.69) is 15.5 Å². The molecule has 3 rings (SSSR count). The Morgan fingerprint density at radius 2 is 2.09 bits per heavy atom. The predicted octanol–water partition coefficient (Wildman–Crippen LogP) is -0.993. The van der Waals surface area contributed by atoms with Crippen LogP contribution in [0.1, 0.15) is 19.5 Å². The molecule has 13 nitrogen and oxygen atoms in total. The number of carbonyl (C=O) groups is 4. The Labute approximate surface area is 189 Å². The molecule has 0 radical (unpaired) electrons. The van der Waals surface area contributed by atoms with Gasteiger partial charge in [-0.15, -0.1) is 23.1 Å². The van der Waals surface area contributed by atoms with Crippen molar-refractivity contribution in [2.45, 2.75) is 30.9 Å². The molecule has 1 aromatic rings. The van der Waals surface area contributed by atoms with Gasteiger partial charge in [0.25, 0.3) is 11.8 Å². The number of nitrogen functional groups attached to an aromatic ring is 1. The Hall–Kier alpha value is -3.17. The smallest absolute Gasteiger partial charge is 0.352 e. The van der Waals surface area contributed by atoms with Crippen molar-refractivity contribution >= 4 is 57.7 Å². The maximum absolute atomic E-state index is 12.9. The van der Waals surface area contributed by atoms with Gasteiger partial charge < -0.3 is 31.8 Å². The minimum Gasteiger partial charge on any atom is -0.478 e. The second kappa shape index (κ2) is 8.76. The lowest BCUT2D eigenvalue weighted by atomic mass is 10.0. The summed E-state index contributed by atoms with van der Waals surface area (Å²) < 4.78 is 0. The number of β-lactam (4-membered cyclic amide) rings is 1. The summed E-state index contributed by atoms with van der Waals surface area (Å²) in [6, 6.07) is -1.03. The summed E-state index contributed by atoms with van der Waals surface area (Å²) in [5.74, 6) is -3.79. The molecule has 1 aromatic heterocycles. The number of nitrogens with one attached hydrogen (secondary N) is 1. The first kappa shape index (κ1) is 23.5. The van der Waals surface area contributed by atoms with Crippen molar-refractivity contribution in [3.63, 3.8) is 0 Å². The Kier molecular flexibility index (Phi) is 6.43. The molecule has 3 heterocycles. The van der Waals surface area contributed by atoms with E-state index in [0.717, 1.165) is 16.2 Å². The summed E-state index contributed by atoms with van der Waals surface area (Å²) in [5.41, 5.74) is 9.35. The first-order valence-corrected chi connectivity index (χ1v) is 11.0. The number of amides is 2. The third kappa shape index (κ3) is 4.26. The van der Waals surface area contributed by atoms with Gasteiger partial charge in [0.2, 0.25) is 5.60 Å². The Morgan fingerprint density at radius 3 is 2.62 bits per heavy atom. The van der Waals surface area contributed by atoms with E-state index in [9.17, 15) is 29.4 Å². The zero-order chi connectivity index (χ0) is 23.8. The van der Waals surface area contributed by atoms with Crippen LogP contribution in [-0.2, 0) is 24.0 Å². The van der Waals surface area contributed by atoms with Crippen LogP contribution in [0.2, 0.25) is 0 Å². The highest BCUT2D eigenvalue weighted by molar-refractivity contribution is 8.00. The highest BCUT2D eigenvalue weighted by Crippen LogP contribution is 2.40. The van der Waals surface area contributed by atoms with Crippen LogP contribution in [0.3, 0.4) is 0 Å². The van der Waals surface area contributed by atoms with Crippen LogP contribution in [0.5, 0.6) is 0 Å². The zero-order valence-corrected chi connectivity index (χ0v) is 18.5. The van der Waals surface area contributed by atoms with Gasteiger partial charge in [-0.2, -0.15) is 0 Å². The fourth-order valence-electron chi connectivity index (χ4n) is 2.85. The van der Waals surface area contributed by atoms with Gasteiger partial charge in [0, 0.05) is 17.7 Å². The first-order valence-electron chi connectivity index (χ1n) is 9.09. The Balaban J connectivity index is 1.83. The van der Waals surface area contributed by atoms with E-state index in [-0.39, 0.29) is 28.8 Å². The number of thiazole rings is 1. The van der Waals surface area contributed by atoms with Gasteiger partial charge in [0.1, 0.15) is 22.8 Å². The number of anilines is 1. The van der Waals surface area contributed by atoms with Crippen molar-refractivity contribution in [3.05, 3.63) is 22.3 Å². The van der Waals surface area contributed by atoms with E-state index in [1.54, 1.807) is 0 Å². The normalized spacial score (nSPS) is 21.0. The molecule has 1 saturated heterocycles. The highest BCUT2D eigenvalue weighted by Gasteiger charge is 2.54. The van der Waals surface area contributed by atoms with Crippen LogP contribution in [0.4, 0.5) is 5.13 Å². The first-order chi connectivity index (χ1) is 15.0. The number of hydrogen-bond donors (Lipinski definition) is 5. The number of carbonyl (C=O) groups excluding carboxylic acids is 2. The van der Waals surface area contributed by atoms with Gasteiger partial charge in [0.15, 0.2) is 10.8 Å². The lowest BCUT2D eigenvalue weighted by molar-refractivity contribution is -0.161. The molecule has 0 spiro atoms. The third-order valence-electron chi connectivity index (χ3n) is 4.64. The van der Waals surface area contributed by atoms with E-state index in [0.29, 0.717) is 11.3 Å². The number of carboxylic acid groups (broad SMARTS) is 2. The Bertz CT molecular complexity index is 1050. The number of carboxylic acids is 2. The molecule has 0 saturated carbocycles. The fraction of sp³-hybridized carbons (Fsp3) is 0.412. The van der Waals surface area contributed by atoms with Crippen molar-refractivity contribution in [3.8, 4) is 0 Å². The molecule has 1 fully saturated rings. The van der Waals surface area contributed by atoms with Gasteiger partial charge in [-0.25, -0.2) is 14.6 Å². The maximum Gasteiger partial charge on any atom is 0.352 e. The van der Waals surface area contributed by atoms with Gasteiger partial charge >= 0.3 is 11.9 Å². The lowest BCUT2D eigenvalue weighted by Gasteiger charge is -2.49. The number of nitrogens with zero attached hydrogens (tertiary/aromatic N) is 3. The summed E-state index contributed by atoms with van der Waals surface area (Å²) in [6.45, 7) is 2.47. The maximum atomic E-state index is 12.9. The standard InChI is InChI=1S/C17H20N6O7S2/c1-17(2,15(28)29)30-22-8(7-5-32-16(19)20-7)11(24)21-9-12(25)23-10(14(26)27)6(3-18)4-31-13(9)23/h5,9,13H,3-4,18H2,1-2H3,(H2,19,20)(H,21,24)(H,26,27)(H,28,29)/b22-8-/t9?,13-/m0/s1. The van der Waals surface area contributed by atoms with Crippen LogP contribution in [0.15, 0.2) is 21.8 Å². The van der Waals surface area contributed by atoms with E-state index in [1.165, 1.54) is 31.0 Å². The summed E-state index contributed by atoms with van der Waals surface area (Å²) in [7, 11) is 0. The topological polar surface area (TPSA) is 211 Å². The molecule has 2 aliphatic heterocycles. The summed E-state index contributed by atoms with van der Waals surface area (Å²) in [5, 5.41) is 25.7. The summed E-state index contributed by atoms with van der Waals surface area (Å²) >= 11 is 2.29. The van der Waals surface area contributed by atoms with Gasteiger partial charge in [-0.05, 0) is 19.4 Å². The lowest BCUT2D eigenvalue weighted by Crippen LogP contribution is -2.71. The van der Waals surface area contributed by atoms with E-state index < -0.39 is 40.8 Å². The summed E-state index contributed by atoms with van der Waals surface area (Å²) in [4.78, 5) is 58.5. The number of oxime groups is 1. The largest absolute Gasteiger partial charge is 0.478 e. The summed E-state index contributed by atoms with van der Waals surface area (Å²) in [6.07, 6.45) is 0. The van der Waals surface area contributed by atoms with Gasteiger partial charge in [0.05, 0.1) is 0 Å². The average molecular weight is 485 g/mol. The van der Waals surface area contributed by atoms with Crippen molar-refractivity contribution in [2.24, 2.45) is 10.9 Å². The molecule has 0 aliphatic carbocycles. The molecule has 172 valence electrons. The predicted molar refractivity (Wildman–Crippen MR) is 115 cm³/mol. The van der Waals surface area contributed by atoms with Crippen LogP contribution in [-0.4, -0.2) is 78.9 Å². The van der Waals surface area contributed by atoms with E-state index >= 15 is 0 Å². The molecule has 32 heavy (non-hydrogen) atoms. The monoisotopic (exact) mass is 484 g/mol. The Morgan fingerprint density at radius 1 is 1.41 bits per heavy atom. The molecule has 1 unspecified atom stereocenters. The third-order valence-corrected chi connectivity index (χ3v) is 6.66. The SMILES string of the molecule is CC(C)(O/N=C(\C(=O)NC1C(=O)N2C(C(=O)O)=C(CN)CS[C@@H]12)c1csc(N)n1)C(=O)O. The zero-order valence-electron chi connectivity index (χ0n) is 16.9. The molecule has 0 bridgehead atoms. The highest BCUT2D eigenvalue weighted by atomic mass is 32.2. The minimum atomic E-state index is -1.74. The van der Waals surface area contributed by atoms with Crippen LogP contribution in [0.25, 0.3) is 0 Å². The number of aromatic nitrogens is 1. The van der Waals surface area contributed by atoms with Crippen LogP contribution < -0.4 is 16.8 Å². The molecule has 7 N–H and O–H groups in total. The second-order valence-electron chi connectivity index (χ2n) is 7.24. The number of hydrogen-bond acceptors (Lipinski definition) is 11. The molecule has 2 amide bonds. The van der Waals surface area contributed by atoms with Crippen molar-refractivity contribution in [1.82, 2.24) is 15.2 Å². The quantitative estimate of drug-likeness (QED) is 0.172. The number of thioether (sulfide) groups is 1. The molecule has 2 atom stereocenters. The van der Waals surface area contributed by atoms with Crippen molar-refractivity contribution < 1.29 is 34.2 Å². The molecule has 15 heteroatoms. The van der Waals surface area contributed by atoms with E-state index in [4.69, 9.17) is 16.3 Å². The number of nitrogens with two attached hydrogens (primary N) is 2. The van der Waals surface area contributed by atoms with Gasteiger partial charge in [-0.3, -0.25) is 14.5 Å². The van der Waals surface area contributed by atoms with E-state index in [1.807, 2.05) is 0 Å². The minimum absolute atomic E-state index is 0.0130. The number of fused-ring (bicyclic) bond motifs is 1. The molecular weight excluding hydrogens is 464 g/mol. The fourth-order valence-corrected chi connectivity index (χ4v) is 4.76. The molecule has 2 aliphatic rings. The van der Waals surface area contributed by atoms with Gasteiger partial charge in [-0.1, -0.05) is 5.16 Å². The van der Waals surface area contributed by atoms with Crippen LogP contribution >= 0.6 is 23.1 Å². The second-order valence-corrected chi connectivity index (χ2v) is 9.23. The number of aliphatic carboxylic acids is 2. The molecule has 0 aromatic carbocycles. The molecular formula is C17H20N6O7S2. The average Bonchev–Trinajstić information content (AvgIpc) is 3.16. The number of rotatable bonds is 8. The van der Waals surface area contributed by atoms with Crippen molar-refractivity contribution in [2.75, 3.05) is 18.0 Å². The van der Waals surface area contributed by atoms with Crippen molar-refractivity contribution in [1.29, 1.82) is 0 Å². The van der Waals surface area contributed by atoms with Crippen LogP contribution in [0, 0.1) is 0 Å².